The number of Topliss-reactive ketones (excluding diaryl/α,β-unsaturated/α-hetero) is 1. The highest BCUT2D eigenvalue weighted by Crippen LogP contribution is 2.25. The second kappa shape index (κ2) is 4.45. The Balaban J connectivity index is 2.55. The number of allylic oxidation sites excluding steroid dienone is 1. The van der Waals surface area contributed by atoms with E-state index in [1.54, 1.807) is 14.0 Å². The first-order chi connectivity index (χ1) is 8.11. The van der Waals surface area contributed by atoms with Gasteiger partial charge in [-0.05, 0) is 43.7 Å². The minimum absolute atomic E-state index is 0.0854. The molecule has 0 radical (unpaired) electrons. The van der Waals surface area contributed by atoms with E-state index in [2.05, 4.69) is 4.98 Å². The van der Waals surface area contributed by atoms with Crippen LogP contribution in [0.1, 0.15) is 19.4 Å². The van der Waals surface area contributed by atoms with Crippen molar-refractivity contribution in [3.8, 4) is 5.75 Å². The molecule has 0 amide bonds. The van der Waals surface area contributed by atoms with Gasteiger partial charge in [-0.3, -0.25) is 4.79 Å². The first kappa shape index (κ1) is 11.5. The predicted molar refractivity (Wildman–Crippen MR) is 69.2 cm³/mol. The van der Waals surface area contributed by atoms with Gasteiger partial charge in [0.25, 0.3) is 0 Å². The third-order valence-corrected chi connectivity index (χ3v) is 2.85. The number of nitrogens with one attached hydrogen (secondary N) is 1. The zero-order valence-electron chi connectivity index (χ0n) is 10.2. The van der Waals surface area contributed by atoms with Crippen molar-refractivity contribution in [2.45, 2.75) is 13.8 Å². The highest BCUT2D eigenvalue weighted by Gasteiger charge is 2.04. The van der Waals surface area contributed by atoms with E-state index in [-0.39, 0.29) is 5.78 Å². The Morgan fingerprint density at radius 2 is 2.12 bits per heavy atom. The van der Waals surface area contributed by atoms with Crippen LogP contribution in [-0.2, 0) is 4.79 Å². The summed E-state index contributed by atoms with van der Waals surface area (Å²) in [5.41, 5.74) is 2.79. The Hall–Kier alpha value is -2.03. The molecule has 88 valence electrons. The van der Waals surface area contributed by atoms with Crippen LogP contribution in [0.25, 0.3) is 17.0 Å². The number of methoxy groups -OCH3 is 1. The van der Waals surface area contributed by atoms with E-state index in [1.165, 1.54) is 0 Å². The number of rotatable bonds is 3. The van der Waals surface area contributed by atoms with Crippen LogP contribution in [-0.4, -0.2) is 17.9 Å². The van der Waals surface area contributed by atoms with Crippen LogP contribution in [0.3, 0.4) is 0 Å². The molecular formula is C14H15NO2. The molecule has 0 aliphatic carbocycles. The van der Waals surface area contributed by atoms with Gasteiger partial charge in [0, 0.05) is 22.7 Å². The summed E-state index contributed by atoms with van der Waals surface area (Å²) in [6.45, 7) is 3.39. The van der Waals surface area contributed by atoms with E-state index in [9.17, 15) is 4.79 Å². The number of fused-ring (bicyclic) bond motifs is 1. The quantitative estimate of drug-likeness (QED) is 0.821. The maximum absolute atomic E-state index is 11.2. The van der Waals surface area contributed by atoms with Gasteiger partial charge in [0.2, 0.25) is 0 Å². The van der Waals surface area contributed by atoms with Gasteiger partial charge in [0.05, 0.1) is 7.11 Å². The summed E-state index contributed by atoms with van der Waals surface area (Å²) < 4.78 is 5.20. The van der Waals surface area contributed by atoms with Gasteiger partial charge >= 0.3 is 0 Å². The minimum atomic E-state index is 0.0854. The summed E-state index contributed by atoms with van der Waals surface area (Å²) in [5, 5.41) is 1.06. The van der Waals surface area contributed by atoms with Gasteiger partial charge in [0.15, 0.2) is 5.78 Å². The van der Waals surface area contributed by atoms with Gasteiger partial charge in [-0.15, -0.1) is 0 Å². The van der Waals surface area contributed by atoms with Crippen molar-refractivity contribution >= 4 is 22.8 Å². The Morgan fingerprint density at radius 1 is 1.35 bits per heavy atom. The number of ether oxygens (including phenoxy) is 1. The third kappa shape index (κ3) is 2.23. The number of hydrogen-bond acceptors (Lipinski definition) is 2. The largest absolute Gasteiger partial charge is 0.497 e. The molecule has 2 aromatic rings. The molecule has 1 heterocycles. The molecule has 0 saturated heterocycles. The van der Waals surface area contributed by atoms with Crippen molar-refractivity contribution < 1.29 is 9.53 Å². The fourth-order valence-corrected chi connectivity index (χ4v) is 1.70. The molecule has 3 nitrogen and oxygen atoms in total. The Kier molecular flexibility index (Phi) is 3.00. The van der Waals surface area contributed by atoms with Crippen LogP contribution in [0.4, 0.5) is 0 Å². The topological polar surface area (TPSA) is 42.1 Å². The Labute approximate surface area is 100 Å². The zero-order valence-corrected chi connectivity index (χ0v) is 10.2. The van der Waals surface area contributed by atoms with Crippen LogP contribution in [0.15, 0.2) is 30.0 Å². The van der Waals surface area contributed by atoms with Crippen molar-refractivity contribution in [3.05, 3.63) is 35.5 Å². The number of carbonyl (C=O) groups excluding carboxylic acids is 1. The second-order valence-corrected chi connectivity index (χ2v) is 4.04. The lowest BCUT2D eigenvalue weighted by molar-refractivity contribution is -0.113. The molecule has 0 saturated carbocycles. The number of aromatic nitrogens is 1. The van der Waals surface area contributed by atoms with Gasteiger partial charge in [-0.2, -0.15) is 0 Å². The number of H-pyrrole nitrogens is 1. The fraction of sp³-hybridized carbons (Fsp3) is 0.214. The number of benzene rings is 1. The SMILES string of the molecule is COc1ccc2[nH]cc(/C=C(/C)C(C)=O)c2c1. The molecule has 17 heavy (non-hydrogen) atoms. The summed E-state index contributed by atoms with van der Waals surface area (Å²) in [5.74, 6) is 0.898. The first-order valence-electron chi connectivity index (χ1n) is 5.46. The lowest BCUT2D eigenvalue weighted by Gasteiger charge is -2.00. The number of ketones is 1. The summed E-state index contributed by atoms with van der Waals surface area (Å²) >= 11 is 0. The molecular weight excluding hydrogens is 214 g/mol. The predicted octanol–water partition coefficient (Wildman–Crippen LogP) is 3.17. The fourth-order valence-electron chi connectivity index (χ4n) is 1.70. The molecule has 2 rings (SSSR count). The molecule has 0 spiro atoms. The van der Waals surface area contributed by atoms with E-state index < -0.39 is 0 Å². The molecule has 1 N–H and O–H groups in total. The van der Waals surface area contributed by atoms with Crippen LogP contribution in [0.2, 0.25) is 0 Å². The second-order valence-electron chi connectivity index (χ2n) is 4.04. The maximum Gasteiger partial charge on any atom is 0.155 e. The lowest BCUT2D eigenvalue weighted by Crippen LogP contribution is -1.90. The average Bonchev–Trinajstić information content (AvgIpc) is 2.71. The average molecular weight is 229 g/mol. The Bertz CT molecular complexity index is 593. The molecule has 0 bridgehead atoms. The monoisotopic (exact) mass is 229 g/mol. The number of hydrogen-bond donors (Lipinski definition) is 1. The summed E-state index contributed by atoms with van der Waals surface area (Å²) in [6, 6.07) is 5.84. The molecule has 1 aromatic heterocycles. The normalized spacial score (nSPS) is 11.8. The van der Waals surface area contributed by atoms with Gasteiger partial charge in [-0.1, -0.05) is 0 Å². The minimum Gasteiger partial charge on any atom is -0.497 e. The molecule has 3 heteroatoms. The maximum atomic E-state index is 11.2. The summed E-state index contributed by atoms with van der Waals surface area (Å²) in [6.07, 6.45) is 3.79. The molecule has 0 aliphatic heterocycles. The summed E-state index contributed by atoms with van der Waals surface area (Å²) in [7, 11) is 1.64. The Morgan fingerprint density at radius 3 is 2.76 bits per heavy atom. The molecule has 0 atom stereocenters. The van der Waals surface area contributed by atoms with Gasteiger partial charge in [-0.25, -0.2) is 0 Å². The number of carbonyl (C=O) groups is 1. The highest BCUT2D eigenvalue weighted by molar-refractivity contribution is 6.00. The van der Waals surface area contributed by atoms with Crippen LogP contribution in [0.5, 0.6) is 5.75 Å². The zero-order chi connectivity index (χ0) is 12.4. The van der Waals surface area contributed by atoms with Crippen LogP contribution < -0.4 is 4.74 Å². The standard InChI is InChI=1S/C14H15NO2/c1-9(10(2)16)6-11-8-15-14-5-4-12(17-3)7-13(11)14/h4-8,15H,1-3H3/b9-6-. The van der Waals surface area contributed by atoms with Crippen molar-refractivity contribution in [3.63, 3.8) is 0 Å². The molecule has 0 aliphatic rings. The summed E-state index contributed by atoms with van der Waals surface area (Å²) in [4.78, 5) is 14.4. The first-order valence-corrected chi connectivity index (χ1v) is 5.46. The van der Waals surface area contributed by atoms with Gasteiger partial charge in [0.1, 0.15) is 5.75 Å². The molecule has 1 aromatic carbocycles. The third-order valence-electron chi connectivity index (χ3n) is 2.85. The van der Waals surface area contributed by atoms with Crippen molar-refractivity contribution in [1.82, 2.24) is 4.98 Å². The van der Waals surface area contributed by atoms with Crippen molar-refractivity contribution in [2.24, 2.45) is 0 Å². The smallest absolute Gasteiger partial charge is 0.155 e. The van der Waals surface area contributed by atoms with E-state index in [4.69, 9.17) is 4.74 Å². The van der Waals surface area contributed by atoms with E-state index in [0.717, 1.165) is 27.8 Å². The van der Waals surface area contributed by atoms with Crippen LogP contribution in [0, 0.1) is 0 Å². The number of aromatic amines is 1. The van der Waals surface area contributed by atoms with E-state index >= 15 is 0 Å². The molecule has 0 fully saturated rings. The van der Waals surface area contributed by atoms with E-state index in [0.29, 0.717) is 0 Å². The highest BCUT2D eigenvalue weighted by atomic mass is 16.5. The van der Waals surface area contributed by atoms with Crippen molar-refractivity contribution in [1.29, 1.82) is 0 Å². The lowest BCUT2D eigenvalue weighted by atomic mass is 10.1. The van der Waals surface area contributed by atoms with E-state index in [1.807, 2.05) is 37.4 Å². The van der Waals surface area contributed by atoms with Gasteiger partial charge < -0.3 is 9.72 Å². The van der Waals surface area contributed by atoms with Crippen molar-refractivity contribution in [2.75, 3.05) is 7.11 Å². The van der Waals surface area contributed by atoms with Crippen LogP contribution >= 0.6 is 0 Å². The molecule has 0 unspecified atom stereocenters.